The number of fused-ring (bicyclic) bond motifs is 1. The van der Waals surface area contributed by atoms with Crippen molar-refractivity contribution in [3.05, 3.63) is 34.5 Å². The number of hydrogen-bond acceptors (Lipinski definition) is 6. The number of nitrogens with zero attached hydrogens (tertiary/aromatic N) is 2. The maximum Gasteiger partial charge on any atom is 0.253 e. The van der Waals surface area contributed by atoms with Crippen LogP contribution in [0.1, 0.15) is 30.5 Å². The van der Waals surface area contributed by atoms with Gasteiger partial charge in [0.25, 0.3) is 5.91 Å². The van der Waals surface area contributed by atoms with Crippen LogP contribution in [0.15, 0.2) is 18.2 Å². The van der Waals surface area contributed by atoms with Crippen LogP contribution in [0.2, 0.25) is 5.02 Å². The number of morpholine rings is 1. The van der Waals surface area contributed by atoms with Crippen molar-refractivity contribution in [2.24, 2.45) is 0 Å². The maximum atomic E-state index is 13.2. The molecule has 1 aliphatic carbocycles. The van der Waals surface area contributed by atoms with Gasteiger partial charge in [-0.15, -0.1) is 0 Å². The van der Waals surface area contributed by atoms with Gasteiger partial charge < -0.3 is 24.4 Å². The minimum absolute atomic E-state index is 0.0227. The Morgan fingerprint density at radius 2 is 2.19 bits per heavy atom. The summed E-state index contributed by atoms with van der Waals surface area (Å²) in [7, 11) is 1.68. The van der Waals surface area contributed by atoms with Gasteiger partial charge in [-0.05, 0) is 31.4 Å². The number of aromatic nitrogens is 1. The molecular formula is C23H30ClN3O4. The van der Waals surface area contributed by atoms with E-state index in [1.54, 1.807) is 7.11 Å². The molecule has 2 fully saturated rings. The lowest BCUT2D eigenvalue weighted by atomic mass is 10.1. The summed E-state index contributed by atoms with van der Waals surface area (Å²) < 4.78 is 16.9. The Balaban J connectivity index is 1.62. The van der Waals surface area contributed by atoms with Gasteiger partial charge in [0, 0.05) is 50.7 Å². The first-order valence-corrected chi connectivity index (χ1v) is 11.3. The Morgan fingerprint density at radius 3 is 2.90 bits per heavy atom. The van der Waals surface area contributed by atoms with Gasteiger partial charge in [0.2, 0.25) is 0 Å². The minimum Gasteiger partial charge on any atom is -0.493 e. The highest BCUT2D eigenvalue weighted by Crippen LogP contribution is 2.34. The first-order valence-electron chi connectivity index (χ1n) is 10.9. The van der Waals surface area contributed by atoms with Gasteiger partial charge in [-0.1, -0.05) is 17.7 Å². The molecule has 8 heteroatoms. The molecule has 1 saturated carbocycles. The molecule has 1 saturated heterocycles. The lowest BCUT2D eigenvalue weighted by Crippen LogP contribution is -2.49. The number of carbonyl (C=O) groups is 1. The SMILES string of the molecule is COCCCOc1cc(CN(C(=O)C2CNCCO2)C2CC2)nc2c(Cl)c(C)ccc12. The van der Waals surface area contributed by atoms with E-state index in [2.05, 4.69) is 5.32 Å². The van der Waals surface area contributed by atoms with E-state index in [1.807, 2.05) is 30.0 Å². The fourth-order valence-electron chi connectivity index (χ4n) is 3.82. The molecule has 2 heterocycles. The van der Waals surface area contributed by atoms with Crippen LogP contribution >= 0.6 is 11.6 Å². The predicted molar refractivity (Wildman–Crippen MR) is 120 cm³/mol. The first-order chi connectivity index (χ1) is 15.1. The average molecular weight is 448 g/mol. The molecule has 1 aromatic heterocycles. The number of hydrogen-bond donors (Lipinski definition) is 1. The average Bonchev–Trinajstić information content (AvgIpc) is 3.63. The fourth-order valence-corrected chi connectivity index (χ4v) is 4.03. The van der Waals surface area contributed by atoms with E-state index in [1.165, 1.54) is 0 Å². The monoisotopic (exact) mass is 447 g/mol. The van der Waals surface area contributed by atoms with Gasteiger partial charge in [0.1, 0.15) is 11.9 Å². The molecule has 1 aromatic carbocycles. The molecule has 7 nitrogen and oxygen atoms in total. The molecule has 168 valence electrons. The number of amides is 1. The van der Waals surface area contributed by atoms with E-state index in [-0.39, 0.29) is 11.9 Å². The number of rotatable bonds is 9. The number of halogens is 1. The van der Waals surface area contributed by atoms with Crippen LogP contribution in [0.3, 0.4) is 0 Å². The highest BCUT2D eigenvalue weighted by molar-refractivity contribution is 6.36. The van der Waals surface area contributed by atoms with Crippen molar-refractivity contribution in [2.75, 3.05) is 40.0 Å². The van der Waals surface area contributed by atoms with Crippen molar-refractivity contribution >= 4 is 28.4 Å². The second-order valence-corrected chi connectivity index (χ2v) is 8.54. The van der Waals surface area contributed by atoms with Crippen molar-refractivity contribution in [3.63, 3.8) is 0 Å². The molecule has 1 aliphatic heterocycles. The number of carbonyl (C=O) groups excluding carboxylic acids is 1. The zero-order valence-corrected chi connectivity index (χ0v) is 18.9. The molecule has 2 aliphatic rings. The fraction of sp³-hybridized carbons (Fsp3) is 0.565. The Hall–Kier alpha value is -1.93. The molecule has 1 N–H and O–H groups in total. The molecule has 4 rings (SSSR count). The van der Waals surface area contributed by atoms with Gasteiger partial charge >= 0.3 is 0 Å². The summed E-state index contributed by atoms with van der Waals surface area (Å²) in [5.41, 5.74) is 2.44. The number of benzene rings is 1. The third kappa shape index (κ3) is 5.29. The molecule has 2 aromatic rings. The van der Waals surface area contributed by atoms with Gasteiger partial charge in [0.05, 0.1) is 36.0 Å². The Bertz CT molecular complexity index is 929. The summed E-state index contributed by atoms with van der Waals surface area (Å²) in [6.45, 7) is 5.42. The Morgan fingerprint density at radius 1 is 1.35 bits per heavy atom. The van der Waals surface area contributed by atoms with Gasteiger partial charge in [-0.3, -0.25) is 4.79 Å². The van der Waals surface area contributed by atoms with Crippen LogP contribution < -0.4 is 10.1 Å². The van der Waals surface area contributed by atoms with Crippen LogP contribution in [-0.4, -0.2) is 68.0 Å². The largest absolute Gasteiger partial charge is 0.493 e. The smallest absolute Gasteiger partial charge is 0.253 e. The summed E-state index contributed by atoms with van der Waals surface area (Å²) in [4.78, 5) is 19.9. The molecule has 1 atom stereocenters. The highest BCUT2D eigenvalue weighted by atomic mass is 35.5. The quantitative estimate of drug-likeness (QED) is 0.595. The lowest BCUT2D eigenvalue weighted by molar-refractivity contribution is -0.146. The summed E-state index contributed by atoms with van der Waals surface area (Å²) in [6.07, 6.45) is 2.37. The van der Waals surface area contributed by atoms with Crippen LogP contribution in [0.25, 0.3) is 10.9 Å². The molecule has 1 amide bonds. The van der Waals surface area contributed by atoms with Crippen molar-refractivity contribution < 1.29 is 19.0 Å². The van der Waals surface area contributed by atoms with E-state index in [4.69, 9.17) is 30.8 Å². The van der Waals surface area contributed by atoms with Crippen LogP contribution in [-0.2, 0) is 20.8 Å². The molecular weight excluding hydrogens is 418 g/mol. The van der Waals surface area contributed by atoms with E-state index in [9.17, 15) is 4.79 Å². The standard InChI is InChI=1S/C23H30ClN3O4/c1-15-4-7-18-19(30-10-3-9-29-2)12-16(26-22(18)21(15)24)14-27(17-5-6-17)23(28)20-13-25-8-11-31-20/h4,7,12,17,20,25H,3,5-6,8-11,13-14H2,1-2H3. The van der Waals surface area contributed by atoms with Crippen molar-refractivity contribution in [3.8, 4) is 5.75 Å². The van der Waals surface area contributed by atoms with Gasteiger partial charge in [0.15, 0.2) is 0 Å². The summed E-state index contributed by atoms with van der Waals surface area (Å²) >= 11 is 6.60. The Kier molecular flexibility index (Phi) is 7.27. The van der Waals surface area contributed by atoms with E-state index >= 15 is 0 Å². The molecule has 0 spiro atoms. The summed E-state index contributed by atoms with van der Waals surface area (Å²) in [5.74, 6) is 0.756. The number of pyridine rings is 1. The normalized spacial score (nSPS) is 18.9. The number of nitrogens with one attached hydrogen (secondary N) is 1. The molecule has 31 heavy (non-hydrogen) atoms. The lowest BCUT2D eigenvalue weighted by Gasteiger charge is -2.30. The van der Waals surface area contributed by atoms with E-state index in [0.717, 1.165) is 48.2 Å². The van der Waals surface area contributed by atoms with Crippen LogP contribution in [0.4, 0.5) is 0 Å². The maximum absolute atomic E-state index is 13.2. The first kappa shape index (κ1) is 22.3. The van der Waals surface area contributed by atoms with Crippen LogP contribution in [0, 0.1) is 6.92 Å². The van der Waals surface area contributed by atoms with E-state index < -0.39 is 6.10 Å². The minimum atomic E-state index is -0.439. The van der Waals surface area contributed by atoms with E-state index in [0.29, 0.717) is 43.4 Å². The number of ether oxygens (including phenoxy) is 3. The van der Waals surface area contributed by atoms with Crippen molar-refractivity contribution in [1.29, 1.82) is 0 Å². The van der Waals surface area contributed by atoms with Gasteiger partial charge in [-0.2, -0.15) is 0 Å². The molecule has 1 unspecified atom stereocenters. The summed E-state index contributed by atoms with van der Waals surface area (Å²) in [6, 6.07) is 6.14. The second-order valence-electron chi connectivity index (χ2n) is 8.16. The van der Waals surface area contributed by atoms with Gasteiger partial charge in [-0.25, -0.2) is 4.98 Å². The van der Waals surface area contributed by atoms with Crippen molar-refractivity contribution in [1.82, 2.24) is 15.2 Å². The van der Waals surface area contributed by atoms with Crippen LogP contribution in [0.5, 0.6) is 5.75 Å². The topological polar surface area (TPSA) is 72.9 Å². The number of aryl methyl sites for hydroxylation is 1. The summed E-state index contributed by atoms with van der Waals surface area (Å²) in [5, 5.41) is 4.73. The predicted octanol–water partition coefficient (Wildman–Crippen LogP) is 3.09. The third-order valence-electron chi connectivity index (χ3n) is 5.68. The third-order valence-corrected chi connectivity index (χ3v) is 6.16. The molecule has 0 radical (unpaired) electrons. The second kappa shape index (κ2) is 10.1. The number of methoxy groups -OCH3 is 1. The highest BCUT2D eigenvalue weighted by Gasteiger charge is 2.37. The molecule has 0 bridgehead atoms. The Labute approximate surface area is 188 Å². The zero-order valence-electron chi connectivity index (χ0n) is 18.2. The zero-order chi connectivity index (χ0) is 21.8. The van der Waals surface area contributed by atoms with Crippen molar-refractivity contribution in [2.45, 2.75) is 44.9 Å².